The highest BCUT2D eigenvalue weighted by atomic mass is 28.3. The van der Waals surface area contributed by atoms with Crippen molar-refractivity contribution in [1.29, 1.82) is 0 Å². The Morgan fingerprint density at radius 3 is 2.07 bits per heavy atom. The normalized spacial score (nSPS) is 11.6. The van der Waals surface area contributed by atoms with Crippen molar-refractivity contribution in [1.82, 2.24) is 0 Å². The van der Waals surface area contributed by atoms with Crippen LogP contribution in [-0.2, 0) is 0 Å². The standard InChI is InChI=1S/C10H14F2OSi/c1-13-7-5-6-8(14(2,3)4)10(12)9(7)11/h5-6H,1-4H3. The van der Waals surface area contributed by atoms with Gasteiger partial charge in [0.15, 0.2) is 17.4 Å². The van der Waals surface area contributed by atoms with E-state index in [1.54, 1.807) is 6.07 Å². The summed E-state index contributed by atoms with van der Waals surface area (Å²) in [6.07, 6.45) is 0. The molecule has 0 saturated heterocycles. The largest absolute Gasteiger partial charge is 0.494 e. The van der Waals surface area contributed by atoms with Crippen molar-refractivity contribution >= 4 is 13.3 Å². The number of rotatable bonds is 2. The number of ether oxygens (including phenoxy) is 1. The first kappa shape index (κ1) is 11.2. The van der Waals surface area contributed by atoms with E-state index in [2.05, 4.69) is 0 Å². The van der Waals surface area contributed by atoms with Crippen molar-refractivity contribution in [3.63, 3.8) is 0 Å². The van der Waals surface area contributed by atoms with Crippen LogP contribution in [0.25, 0.3) is 0 Å². The molecule has 0 aliphatic carbocycles. The second kappa shape index (κ2) is 3.69. The van der Waals surface area contributed by atoms with Gasteiger partial charge in [-0.05, 0) is 11.3 Å². The molecular formula is C10H14F2OSi. The third-order valence-corrected chi connectivity index (χ3v) is 4.08. The molecular weight excluding hydrogens is 202 g/mol. The predicted molar refractivity (Wildman–Crippen MR) is 55.9 cm³/mol. The van der Waals surface area contributed by atoms with Crippen molar-refractivity contribution in [2.24, 2.45) is 0 Å². The quantitative estimate of drug-likeness (QED) is 0.690. The first-order chi connectivity index (χ1) is 6.38. The zero-order chi connectivity index (χ0) is 10.9. The Morgan fingerprint density at radius 1 is 1.07 bits per heavy atom. The summed E-state index contributed by atoms with van der Waals surface area (Å²) in [7, 11) is -0.490. The molecule has 0 aliphatic rings. The van der Waals surface area contributed by atoms with Gasteiger partial charge in [-0.3, -0.25) is 0 Å². The van der Waals surface area contributed by atoms with E-state index < -0.39 is 19.7 Å². The van der Waals surface area contributed by atoms with Gasteiger partial charge in [0, 0.05) is 0 Å². The Morgan fingerprint density at radius 2 is 1.64 bits per heavy atom. The Labute approximate surface area is 83.7 Å². The summed E-state index contributed by atoms with van der Waals surface area (Å²) in [6.45, 7) is 5.91. The van der Waals surface area contributed by atoms with Crippen LogP contribution in [0.3, 0.4) is 0 Å². The van der Waals surface area contributed by atoms with E-state index in [0.29, 0.717) is 5.19 Å². The van der Waals surface area contributed by atoms with Crippen LogP contribution < -0.4 is 9.92 Å². The molecule has 0 heterocycles. The Balaban J connectivity index is 3.31. The van der Waals surface area contributed by atoms with Gasteiger partial charge in [0.05, 0.1) is 15.2 Å². The van der Waals surface area contributed by atoms with Crippen LogP contribution in [0.5, 0.6) is 5.75 Å². The summed E-state index contributed by atoms with van der Waals surface area (Å²) in [5.74, 6) is -1.68. The Bertz CT molecular complexity index is 345. The average Bonchev–Trinajstić information content (AvgIpc) is 2.07. The van der Waals surface area contributed by atoms with Gasteiger partial charge in [-0.2, -0.15) is 4.39 Å². The molecule has 0 spiro atoms. The molecule has 4 heteroatoms. The zero-order valence-electron chi connectivity index (χ0n) is 8.82. The number of hydrogen-bond acceptors (Lipinski definition) is 1. The minimum absolute atomic E-state index is 0.0375. The van der Waals surface area contributed by atoms with Crippen molar-refractivity contribution < 1.29 is 13.5 Å². The van der Waals surface area contributed by atoms with E-state index in [4.69, 9.17) is 4.74 Å². The highest BCUT2D eigenvalue weighted by Gasteiger charge is 2.24. The molecule has 0 atom stereocenters. The number of benzene rings is 1. The van der Waals surface area contributed by atoms with E-state index in [-0.39, 0.29) is 5.75 Å². The lowest BCUT2D eigenvalue weighted by atomic mass is 10.3. The average molecular weight is 216 g/mol. The highest BCUT2D eigenvalue weighted by molar-refractivity contribution is 6.88. The molecule has 1 aromatic rings. The topological polar surface area (TPSA) is 9.23 Å². The fourth-order valence-electron chi connectivity index (χ4n) is 1.27. The maximum absolute atomic E-state index is 13.5. The molecule has 0 unspecified atom stereocenters. The molecule has 0 fully saturated rings. The summed E-state index contributed by atoms with van der Waals surface area (Å²) in [5, 5.41) is 0.496. The zero-order valence-corrected chi connectivity index (χ0v) is 9.82. The molecule has 14 heavy (non-hydrogen) atoms. The van der Waals surface area contributed by atoms with Gasteiger partial charge in [0.1, 0.15) is 0 Å². The van der Waals surface area contributed by atoms with E-state index in [9.17, 15) is 8.78 Å². The predicted octanol–water partition coefficient (Wildman–Crippen LogP) is 2.52. The van der Waals surface area contributed by atoms with Crippen molar-refractivity contribution in [2.45, 2.75) is 19.6 Å². The van der Waals surface area contributed by atoms with Gasteiger partial charge >= 0.3 is 0 Å². The molecule has 0 saturated carbocycles. The molecule has 0 bridgehead atoms. The summed E-state index contributed by atoms with van der Waals surface area (Å²) < 4.78 is 31.5. The van der Waals surface area contributed by atoms with Crippen LogP contribution in [0.1, 0.15) is 0 Å². The highest BCUT2D eigenvalue weighted by Crippen LogP contribution is 2.19. The smallest absolute Gasteiger partial charge is 0.200 e. The van der Waals surface area contributed by atoms with Crippen LogP contribution in [-0.4, -0.2) is 15.2 Å². The third kappa shape index (κ3) is 1.95. The van der Waals surface area contributed by atoms with Crippen LogP contribution in [0.15, 0.2) is 12.1 Å². The van der Waals surface area contributed by atoms with Crippen LogP contribution in [0.4, 0.5) is 8.78 Å². The first-order valence-corrected chi connectivity index (χ1v) is 7.90. The fraction of sp³-hybridized carbons (Fsp3) is 0.400. The van der Waals surface area contributed by atoms with E-state index in [1.165, 1.54) is 13.2 Å². The summed E-state index contributed by atoms with van der Waals surface area (Å²) in [5.41, 5.74) is 0. The molecule has 0 N–H and O–H groups in total. The minimum Gasteiger partial charge on any atom is -0.494 e. The SMILES string of the molecule is COc1ccc([Si](C)(C)C)c(F)c1F. The molecule has 1 rings (SSSR count). The molecule has 0 amide bonds. The van der Waals surface area contributed by atoms with Crippen LogP contribution in [0, 0.1) is 11.6 Å². The molecule has 0 aromatic heterocycles. The second-order valence-corrected chi connectivity index (χ2v) is 9.23. The Kier molecular flexibility index (Phi) is 2.94. The summed E-state index contributed by atoms with van der Waals surface area (Å²) >= 11 is 0. The van der Waals surface area contributed by atoms with Gasteiger partial charge < -0.3 is 4.74 Å². The maximum Gasteiger partial charge on any atom is 0.200 e. The van der Waals surface area contributed by atoms with Crippen molar-refractivity contribution in [2.75, 3.05) is 7.11 Å². The van der Waals surface area contributed by atoms with Crippen LogP contribution >= 0.6 is 0 Å². The molecule has 78 valence electrons. The number of hydrogen-bond donors (Lipinski definition) is 0. The lowest BCUT2D eigenvalue weighted by Crippen LogP contribution is -2.40. The Hall–Kier alpha value is -0.903. The van der Waals surface area contributed by atoms with E-state index >= 15 is 0 Å². The van der Waals surface area contributed by atoms with Gasteiger partial charge in [-0.15, -0.1) is 0 Å². The molecule has 0 aliphatic heterocycles. The van der Waals surface area contributed by atoms with Crippen molar-refractivity contribution in [3.8, 4) is 5.75 Å². The summed E-state index contributed by atoms with van der Waals surface area (Å²) in [6, 6.07) is 3.09. The lowest BCUT2D eigenvalue weighted by Gasteiger charge is -2.18. The fourth-order valence-corrected chi connectivity index (χ4v) is 2.62. The lowest BCUT2D eigenvalue weighted by molar-refractivity contribution is 0.373. The van der Waals surface area contributed by atoms with Gasteiger partial charge in [0.2, 0.25) is 0 Å². The maximum atomic E-state index is 13.5. The van der Waals surface area contributed by atoms with Gasteiger partial charge in [-0.1, -0.05) is 25.7 Å². The van der Waals surface area contributed by atoms with Gasteiger partial charge in [0.25, 0.3) is 0 Å². The number of methoxy groups -OCH3 is 1. The van der Waals surface area contributed by atoms with E-state index in [0.717, 1.165) is 0 Å². The first-order valence-electron chi connectivity index (χ1n) is 4.40. The van der Waals surface area contributed by atoms with Gasteiger partial charge in [-0.25, -0.2) is 4.39 Å². The minimum atomic E-state index is -1.82. The molecule has 1 aromatic carbocycles. The number of halogens is 2. The molecule has 0 radical (unpaired) electrons. The van der Waals surface area contributed by atoms with Crippen LogP contribution in [0.2, 0.25) is 19.6 Å². The summed E-state index contributed by atoms with van der Waals surface area (Å²) in [4.78, 5) is 0. The monoisotopic (exact) mass is 216 g/mol. The van der Waals surface area contributed by atoms with Crippen molar-refractivity contribution in [3.05, 3.63) is 23.8 Å². The van der Waals surface area contributed by atoms with E-state index in [1.807, 2.05) is 19.6 Å². The second-order valence-electron chi connectivity index (χ2n) is 4.19. The third-order valence-electron chi connectivity index (χ3n) is 2.07. The molecule has 1 nitrogen and oxygen atoms in total.